The number of amides is 3. The molecule has 0 saturated carbocycles. The number of aliphatic hydroxyl groups excluding tert-OH is 1. The summed E-state index contributed by atoms with van der Waals surface area (Å²) in [5.74, 6) is 5.54. The standard InChI is InChI=1S/C13H17N3O3S/c1-9-8-11(20-10(9)4-2-3-7-17)12(18)15-5-6-16-13(14)19/h8,17H,3,5-7H2,1H3,(H,15,18)(H3,14,16,19). The highest BCUT2D eigenvalue weighted by Gasteiger charge is 2.10. The molecule has 20 heavy (non-hydrogen) atoms. The summed E-state index contributed by atoms with van der Waals surface area (Å²) in [6.45, 7) is 2.50. The van der Waals surface area contributed by atoms with Crippen molar-refractivity contribution >= 4 is 23.3 Å². The fourth-order valence-corrected chi connectivity index (χ4v) is 2.33. The van der Waals surface area contributed by atoms with Gasteiger partial charge in [0.15, 0.2) is 0 Å². The van der Waals surface area contributed by atoms with Crippen molar-refractivity contribution in [1.82, 2.24) is 10.6 Å². The minimum atomic E-state index is -0.618. The molecular weight excluding hydrogens is 278 g/mol. The second kappa shape index (κ2) is 8.19. The molecule has 7 heteroatoms. The molecule has 0 spiro atoms. The Bertz CT molecular complexity index is 543. The van der Waals surface area contributed by atoms with E-state index < -0.39 is 6.03 Å². The lowest BCUT2D eigenvalue weighted by molar-refractivity contribution is 0.0958. The molecule has 1 rings (SSSR count). The van der Waals surface area contributed by atoms with Gasteiger partial charge in [-0.15, -0.1) is 11.3 Å². The van der Waals surface area contributed by atoms with E-state index in [1.54, 1.807) is 6.07 Å². The van der Waals surface area contributed by atoms with Crippen molar-refractivity contribution < 1.29 is 14.7 Å². The third-order valence-electron chi connectivity index (χ3n) is 2.29. The summed E-state index contributed by atoms with van der Waals surface area (Å²) in [6, 6.07) is 1.15. The van der Waals surface area contributed by atoms with Crippen molar-refractivity contribution in [2.45, 2.75) is 13.3 Å². The van der Waals surface area contributed by atoms with Gasteiger partial charge in [-0.1, -0.05) is 11.8 Å². The van der Waals surface area contributed by atoms with Gasteiger partial charge >= 0.3 is 6.03 Å². The number of aryl methyl sites for hydroxylation is 1. The molecule has 1 aromatic rings. The fourth-order valence-electron chi connectivity index (χ4n) is 1.37. The van der Waals surface area contributed by atoms with Crippen LogP contribution in [0, 0.1) is 18.8 Å². The number of thiophene rings is 1. The van der Waals surface area contributed by atoms with Crippen LogP contribution in [0.3, 0.4) is 0 Å². The SMILES string of the molecule is Cc1cc(C(=O)NCCNC(N)=O)sc1C#CCCO. The minimum Gasteiger partial charge on any atom is -0.395 e. The van der Waals surface area contributed by atoms with Crippen LogP contribution < -0.4 is 16.4 Å². The predicted octanol–water partition coefficient (Wildman–Crippen LogP) is 0.189. The van der Waals surface area contributed by atoms with Crippen LogP contribution in [0.15, 0.2) is 6.07 Å². The highest BCUT2D eigenvalue weighted by Crippen LogP contribution is 2.20. The molecule has 0 fully saturated rings. The maximum absolute atomic E-state index is 11.9. The molecule has 108 valence electrons. The monoisotopic (exact) mass is 295 g/mol. The Kier molecular flexibility index (Phi) is 6.56. The molecular formula is C13H17N3O3S. The number of nitrogens with one attached hydrogen (secondary N) is 2. The molecule has 0 aliphatic rings. The Labute approximate surface area is 121 Å². The molecule has 0 atom stereocenters. The van der Waals surface area contributed by atoms with E-state index in [0.717, 1.165) is 10.4 Å². The average Bonchev–Trinajstić information content (AvgIpc) is 2.76. The first-order chi connectivity index (χ1) is 9.54. The summed E-state index contributed by atoms with van der Waals surface area (Å²) in [5.41, 5.74) is 5.84. The number of aliphatic hydroxyl groups is 1. The second-order valence-corrected chi connectivity index (χ2v) is 5.00. The quantitative estimate of drug-likeness (QED) is 0.460. The van der Waals surface area contributed by atoms with E-state index in [1.165, 1.54) is 11.3 Å². The molecule has 1 heterocycles. The number of nitrogens with two attached hydrogens (primary N) is 1. The lowest BCUT2D eigenvalue weighted by Crippen LogP contribution is -2.37. The molecule has 3 amide bonds. The maximum atomic E-state index is 11.9. The first-order valence-corrected chi connectivity index (χ1v) is 6.88. The smallest absolute Gasteiger partial charge is 0.312 e. The molecule has 6 nitrogen and oxygen atoms in total. The van der Waals surface area contributed by atoms with Gasteiger partial charge in [0.1, 0.15) is 0 Å². The predicted molar refractivity (Wildman–Crippen MR) is 77.6 cm³/mol. The van der Waals surface area contributed by atoms with Gasteiger partial charge in [-0.3, -0.25) is 4.79 Å². The number of urea groups is 1. The molecule has 0 bridgehead atoms. The summed E-state index contributed by atoms with van der Waals surface area (Å²) in [6.07, 6.45) is 0.414. The fraction of sp³-hybridized carbons (Fsp3) is 0.385. The van der Waals surface area contributed by atoms with Gasteiger partial charge in [-0.25, -0.2) is 4.79 Å². The van der Waals surface area contributed by atoms with Crippen LogP contribution in [0.5, 0.6) is 0 Å². The van der Waals surface area contributed by atoms with Crippen molar-refractivity contribution in [1.29, 1.82) is 0 Å². The van der Waals surface area contributed by atoms with Crippen LogP contribution in [-0.4, -0.2) is 36.7 Å². The van der Waals surface area contributed by atoms with E-state index in [9.17, 15) is 9.59 Å². The van der Waals surface area contributed by atoms with Crippen LogP contribution in [0.4, 0.5) is 4.79 Å². The topological polar surface area (TPSA) is 104 Å². The summed E-state index contributed by atoms with van der Waals surface area (Å²) in [7, 11) is 0. The lowest BCUT2D eigenvalue weighted by atomic mass is 10.2. The zero-order valence-electron chi connectivity index (χ0n) is 11.2. The van der Waals surface area contributed by atoms with Crippen LogP contribution >= 0.6 is 11.3 Å². The number of carbonyl (C=O) groups excluding carboxylic acids is 2. The van der Waals surface area contributed by atoms with Crippen molar-refractivity contribution in [3.63, 3.8) is 0 Å². The van der Waals surface area contributed by atoms with E-state index in [-0.39, 0.29) is 19.1 Å². The number of hydrogen-bond donors (Lipinski definition) is 4. The molecule has 0 radical (unpaired) electrons. The zero-order valence-corrected chi connectivity index (χ0v) is 12.0. The van der Waals surface area contributed by atoms with Gasteiger partial charge in [0.25, 0.3) is 5.91 Å². The third-order valence-corrected chi connectivity index (χ3v) is 3.44. The zero-order chi connectivity index (χ0) is 15.0. The van der Waals surface area contributed by atoms with Crippen LogP contribution in [0.25, 0.3) is 0 Å². The molecule has 1 aromatic heterocycles. The van der Waals surface area contributed by atoms with E-state index in [1.807, 2.05) is 6.92 Å². The maximum Gasteiger partial charge on any atom is 0.312 e. The summed E-state index contributed by atoms with van der Waals surface area (Å²) in [5, 5.41) is 13.7. The van der Waals surface area contributed by atoms with Gasteiger partial charge in [-0.05, 0) is 18.6 Å². The van der Waals surface area contributed by atoms with Crippen LogP contribution in [-0.2, 0) is 0 Å². The van der Waals surface area contributed by atoms with E-state index in [2.05, 4.69) is 22.5 Å². The first-order valence-electron chi connectivity index (χ1n) is 6.06. The summed E-state index contributed by atoms with van der Waals surface area (Å²) < 4.78 is 0. The van der Waals surface area contributed by atoms with E-state index in [0.29, 0.717) is 17.8 Å². The van der Waals surface area contributed by atoms with Crippen LogP contribution in [0.2, 0.25) is 0 Å². The number of hydrogen-bond acceptors (Lipinski definition) is 4. The first kappa shape index (κ1) is 16.0. The van der Waals surface area contributed by atoms with Gasteiger partial charge in [-0.2, -0.15) is 0 Å². The molecule has 0 aliphatic heterocycles. The van der Waals surface area contributed by atoms with Gasteiger partial charge in [0, 0.05) is 19.5 Å². The molecule has 0 aliphatic carbocycles. The second-order valence-electron chi connectivity index (χ2n) is 3.95. The van der Waals surface area contributed by atoms with Crippen molar-refractivity contribution in [3.05, 3.63) is 21.4 Å². The highest BCUT2D eigenvalue weighted by molar-refractivity contribution is 7.14. The Balaban J connectivity index is 2.55. The van der Waals surface area contributed by atoms with Gasteiger partial charge in [0.2, 0.25) is 0 Å². The van der Waals surface area contributed by atoms with Crippen molar-refractivity contribution in [3.8, 4) is 11.8 Å². The Morgan fingerprint density at radius 2 is 2.10 bits per heavy atom. The average molecular weight is 295 g/mol. The van der Waals surface area contributed by atoms with Gasteiger partial charge in [0.05, 0.1) is 16.4 Å². The molecule has 0 unspecified atom stereocenters. The van der Waals surface area contributed by atoms with Gasteiger partial charge < -0.3 is 21.5 Å². The summed E-state index contributed by atoms with van der Waals surface area (Å²) in [4.78, 5) is 23.7. The number of rotatable bonds is 5. The van der Waals surface area contributed by atoms with E-state index in [4.69, 9.17) is 10.8 Å². The van der Waals surface area contributed by atoms with Crippen molar-refractivity contribution in [2.24, 2.45) is 5.73 Å². The van der Waals surface area contributed by atoms with Crippen molar-refractivity contribution in [2.75, 3.05) is 19.7 Å². The molecule has 0 saturated heterocycles. The normalized spacial score (nSPS) is 9.50. The molecule has 5 N–H and O–H groups in total. The Morgan fingerprint density at radius 3 is 2.75 bits per heavy atom. The Morgan fingerprint density at radius 1 is 1.40 bits per heavy atom. The number of carbonyl (C=O) groups is 2. The Hall–Kier alpha value is -2.04. The van der Waals surface area contributed by atoms with E-state index >= 15 is 0 Å². The minimum absolute atomic E-state index is 0.0254. The third kappa shape index (κ3) is 5.30. The summed E-state index contributed by atoms with van der Waals surface area (Å²) >= 11 is 1.30. The van der Waals surface area contributed by atoms with Crippen LogP contribution in [0.1, 0.15) is 26.5 Å². The lowest BCUT2D eigenvalue weighted by Gasteiger charge is -2.03. The number of primary amides is 1. The molecule has 0 aromatic carbocycles. The highest BCUT2D eigenvalue weighted by atomic mass is 32.1. The largest absolute Gasteiger partial charge is 0.395 e.